The number of benzene rings is 1. The quantitative estimate of drug-likeness (QED) is 0.593. The largest absolute Gasteiger partial charge is 0.287 e. The number of ketones is 1. The Hall–Kier alpha value is -2.17. The molecule has 0 aliphatic carbocycles. The van der Waals surface area contributed by atoms with Crippen LogP contribution >= 0.6 is 0 Å². The molecule has 0 spiro atoms. The van der Waals surface area contributed by atoms with Crippen molar-refractivity contribution in [3.05, 3.63) is 65.2 Å². The maximum atomic E-state index is 13.3. The van der Waals surface area contributed by atoms with Gasteiger partial charge in [0.15, 0.2) is 17.5 Å². The van der Waals surface area contributed by atoms with Crippen LogP contribution in [0.4, 0.5) is 13.2 Å². The van der Waals surface area contributed by atoms with Gasteiger partial charge in [-0.3, -0.25) is 9.78 Å². The van der Waals surface area contributed by atoms with E-state index in [9.17, 15) is 18.0 Å². The minimum atomic E-state index is -1.66. The van der Waals surface area contributed by atoms with Crippen molar-refractivity contribution in [3.8, 4) is 0 Å². The molecule has 0 N–H and O–H groups in total. The minimum absolute atomic E-state index is 0.0302. The normalized spacial score (nSPS) is 10.3. The molecule has 2 aromatic rings. The van der Waals surface area contributed by atoms with Gasteiger partial charge in [-0.1, -0.05) is 6.07 Å². The lowest BCUT2D eigenvalue weighted by atomic mass is 10.1. The van der Waals surface area contributed by atoms with Gasteiger partial charge >= 0.3 is 0 Å². The molecule has 0 aliphatic heterocycles. The molecule has 17 heavy (non-hydrogen) atoms. The number of carbonyl (C=O) groups is 1. The first kappa shape index (κ1) is 11.3. The number of rotatable bonds is 2. The molecule has 0 radical (unpaired) electrons. The summed E-state index contributed by atoms with van der Waals surface area (Å²) >= 11 is 0. The van der Waals surface area contributed by atoms with E-state index in [4.69, 9.17) is 0 Å². The fraction of sp³-hybridized carbons (Fsp3) is 0. The number of aromatic nitrogens is 1. The summed E-state index contributed by atoms with van der Waals surface area (Å²) in [6.45, 7) is 0. The molecule has 0 unspecified atom stereocenters. The van der Waals surface area contributed by atoms with E-state index in [-0.39, 0.29) is 5.69 Å². The van der Waals surface area contributed by atoms with Crippen molar-refractivity contribution in [1.29, 1.82) is 0 Å². The fourth-order valence-electron chi connectivity index (χ4n) is 1.34. The molecule has 5 heteroatoms. The van der Waals surface area contributed by atoms with E-state index in [1.165, 1.54) is 18.3 Å². The van der Waals surface area contributed by atoms with Gasteiger partial charge in [0.1, 0.15) is 5.69 Å². The van der Waals surface area contributed by atoms with E-state index in [0.29, 0.717) is 6.07 Å². The van der Waals surface area contributed by atoms with Crippen LogP contribution in [0.1, 0.15) is 16.1 Å². The molecule has 1 aromatic heterocycles. The lowest BCUT2D eigenvalue weighted by molar-refractivity contribution is 0.102. The Morgan fingerprint density at radius 3 is 2.41 bits per heavy atom. The Morgan fingerprint density at radius 1 is 1.00 bits per heavy atom. The average Bonchev–Trinajstić information content (AvgIpc) is 2.36. The predicted molar refractivity (Wildman–Crippen MR) is 54.0 cm³/mol. The molecule has 0 fully saturated rings. The highest BCUT2D eigenvalue weighted by Crippen LogP contribution is 2.17. The van der Waals surface area contributed by atoms with Crippen molar-refractivity contribution >= 4 is 5.78 Å². The van der Waals surface area contributed by atoms with Crippen molar-refractivity contribution in [3.63, 3.8) is 0 Å². The zero-order valence-corrected chi connectivity index (χ0v) is 8.45. The molecule has 86 valence electrons. The lowest BCUT2D eigenvalue weighted by Gasteiger charge is -2.03. The number of nitrogens with zero attached hydrogens (tertiary/aromatic N) is 1. The van der Waals surface area contributed by atoms with E-state index in [1.54, 1.807) is 6.07 Å². The zero-order valence-electron chi connectivity index (χ0n) is 8.45. The number of carbonyl (C=O) groups excluding carboxylic acids is 1. The summed E-state index contributed by atoms with van der Waals surface area (Å²) in [6.07, 6.45) is 1.35. The van der Waals surface area contributed by atoms with Crippen LogP contribution in [0, 0.1) is 17.5 Å². The summed E-state index contributed by atoms with van der Waals surface area (Å²) in [6, 6.07) is 6.08. The van der Waals surface area contributed by atoms with Crippen molar-refractivity contribution in [1.82, 2.24) is 4.98 Å². The average molecular weight is 237 g/mol. The van der Waals surface area contributed by atoms with Gasteiger partial charge in [0, 0.05) is 6.20 Å². The van der Waals surface area contributed by atoms with Gasteiger partial charge in [-0.25, -0.2) is 13.2 Å². The van der Waals surface area contributed by atoms with Crippen LogP contribution in [0.25, 0.3) is 0 Å². The van der Waals surface area contributed by atoms with Crippen molar-refractivity contribution < 1.29 is 18.0 Å². The molecule has 0 amide bonds. The van der Waals surface area contributed by atoms with Gasteiger partial charge in [-0.05, 0) is 24.3 Å². The Bertz CT molecular complexity index is 569. The molecule has 1 heterocycles. The topological polar surface area (TPSA) is 30.0 Å². The molecule has 2 rings (SSSR count). The molecule has 1 aromatic carbocycles. The van der Waals surface area contributed by atoms with Gasteiger partial charge in [0.05, 0.1) is 5.56 Å². The van der Waals surface area contributed by atoms with Gasteiger partial charge in [0.25, 0.3) is 0 Å². The van der Waals surface area contributed by atoms with Crippen LogP contribution in [0.3, 0.4) is 0 Å². The van der Waals surface area contributed by atoms with E-state index in [1.807, 2.05) is 0 Å². The summed E-state index contributed by atoms with van der Waals surface area (Å²) in [5.74, 6) is -5.28. The Labute approximate surface area is 94.7 Å². The summed E-state index contributed by atoms with van der Waals surface area (Å²) in [7, 11) is 0. The highest BCUT2D eigenvalue weighted by molar-refractivity contribution is 6.07. The van der Waals surface area contributed by atoms with Crippen LogP contribution in [-0.2, 0) is 0 Å². The third-order valence-electron chi connectivity index (χ3n) is 2.18. The van der Waals surface area contributed by atoms with E-state index < -0.39 is 28.8 Å². The second kappa shape index (κ2) is 4.37. The Balaban J connectivity index is 2.49. The molecule has 2 nitrogen and oxygen atoms in total. The summed E-state index contributed by atoms with van der Waals surface area (Å²) < 4.78 is 39.0. The number of pyridine rings is 1. The first-order chi connectivity index (χ1) is 8.11. The van der Waals surface area contributed by atoms with Crippen molar-refractivity contribution in [2.24, 2.45) is 0 Å². The van der Waals surface area contributed by atoms with E-state index in [2.05, 4.69) is 4.98 Å². The summed E-state index contributed by atoms with van der Waals surface area (Å²) in [4.78, 5) is 15.5. The number of hydrogen-bond acceptors (Lipinski definition) is 2. The standard InChI is InChI=1S/C12H6F3NO/c13-8-5-4-7(10(14)11(8)15)12(17)9-3-1-2-6-16-9/h1-6H. The Morgan fingerprint density at radius 2 is 1.76 bits per heavy atom. The molecular formula is C12H6F3NO. The monoisotopic (exact) mass is 237 g/mol. The lowest BCUT2D eigenvalue weighted by Crippen LogP contribution is -2.08. The molecule has 0 saturated heterocycles. The number of hydrogen-bond donors (Lipinski definition) is 0. The first-order valence-electron chi connectivity index (χ1n) is 4.70. The molecule has 0 bridgehead atoms. The van der Waals surface area contributed by atoms with Crippen LogP contribution in [0.5, 0.6) is 0 Å². The fourth-order valence-corrected chi connectivity index (χ4v) is 1.34. The van der Waals surface area contributed by atoms with Crippen LogP contribution in [0.2, 0.25) is 0 Å². The van der Waals surface area contributed by atoms with Crippen LogP contribution in [0.15, 0.2) is 36.5 Å². The second-order valence-corrected chi connectivity index (χ2v) is 3.27. The molecular weight excluding hydrogens is 231 g/mol. The van der Waals surface area contributed by atoms with Crippen LogP contribution < -0.4 is 0 Å². The highest BCUT2D eigenvalue weighted by Gasteiger charge is 2.20. The van der Waals surface area contributed by atoms with Crippen molar-refractivity contribution in [2.75, 3.05) is 0 Å². The summed E-state index contributed by atoms with van der Waals surface area (Å²) in [5, 5.41) is 0. The second-order valence-electron chi connectivity index (χ2n) is 3.27. The highest BCUT2D eigenvalue weighted by atomic mass is 19.2. The third-order valence-corrected chi connectivity index (χ3v) is 2.18. The number of halogens is 3. The first-order valence-corrected chi connectivity index (χ1v) is 4.70. The van der Waals surface area contributed by atoms with Gasteiger partial charge in [-0.2, -0.15) is 0 Å². The van der Waals surface area contributed by atoms with Crippen molar-refractivity contribution in [2.45, 2.75) is 0 Å². The van der Waals surface area contributed by atoms with Gasteiger partial charge < -0.3 is 0 Å². The van der Waals surface area contributed by atoms with Crippen LogP contribution in [-0.4, -0.2) is 10.8 Å². The molecule has 0 saturated carbocycles. The maximum Gasteiger partial charge on any atom is 0.214 e. The SMILES string of the molecule is O=C(c1ccccn1)c1ccc(F)c(F)c1F. The third kappa shape index (κ3) is 2.04. The molecule has 0 aliphatic rings. The van der Waals surface area contributed by atoms with E-state index >= 15 is 0 Å². The minimum Gasteiger partial charge on any atom is -0.287 e. The maximum absolute atomic E-state index is 13.3. The van der Waals surface area contributed by atoms with E-state index in [0.717, 1.165) is 6.07 Å². The molecule has 0 atom stereocenters. The smallest absolute Gasteiger partial charge is 0.214 e. The predicted octanol–water partition coefficient (Wildman–Crippen LogP) is 2.73. The summed E-state index contributed by atoms with van der Waals surface area (Å²) in [5.41, 5.74) is -0.569. The van der Waals surface area contributed by atoms with Gasteiger partial charge in [-0.15, -0.1) is 0 Å². The Kier molecular flexibility index (Phi) is 2.91. The van der Waals surface area contributed by atoms with Gasteiger partial charge in [0.2, 0.25) is 5.78 Å². The zero-order chi connectivity index (χ0) is 12.4.